The van der Waals surface area contributed by atoms with Gasteiger partial charge in [0.15, 0.2) is 5.78 Å². The average molecular weight is 365 g/mol. The van der Waals surface area contributed by atoms with Crippen LogP contribution in [-0.2, 0) is 6.42 Å². The highest BCUT2D eigenvalue weighted by molar-refractivity contribution is 6.04. The summed E-state index contributed by atoms with van der Waals surface area (Å²) in [5, 5.41) is 0.694. The molecule has 0 aliphatic rings. The van der Waals surface area contributed by atoms with Crippen LogP contribution in [0, 0.1) is 13.8 Å². The van der Waals surface area contributed by atoms with E-state index >= 15 is 0 Å². The number of hydrogen-bond acceptors (Lipinski definition) is 5. The van der Waals surface area contributed by atoms with Crippen molar-refractivity contribution in [1.29, 1.82) is 0 Å². The first kappa shape index (κ1) is 18.8. The van der Waals surface area contributed by atoms with E-state index in [-0.39, 0.29) is 5.78 Å². The number of carbonyl (C=O) groups is 1. The fourth-order valence-electron chi connectivity index (χ4n) is 3.33. The average Bonchev–Trinajstić information content (AvgIpc) is 2.60. The van der Waals surface area contributed by atoms with Gasteiger partial charge in [-0.3, -0.25) is 9.78 Å². The van der Waals surface area contributed by atoms with E-state index in [9.17, 15) is 9.59 Å². The van der Waals surface area contributed by atoms with Crippen LogP contribution in [-0.4, -0.2) is 17.4 Å². The Morgan fingerprint density at radius 1 is 1.11 bits per heavy atom. The standard InChI is InChI=1S/C22H23NO4/c1-14-12-18-21(15(2)13-19(25)27-18)22(20(14)16(3)24)26-11-5-4-6-17-7-9-23-10-8-17/h7-10,12-13H,4-6,11H2,1-3H3. The van der Waals surface area contributed by atoms with Gasteiger partial charge < -0.3 is 9.15 Å². The number of ketones is 1. The second kappa shape index (κ2) is 8.16. The van der Waals surface area contributed by atoms with Gasteiger partial charge in [0, 0.05) is 18.5 Å². The summed E-state index contributed by atoms with van der Waals surface area (Å²) in [6, 6.07) is 7.18. The van der Waals surface area contributed by atoms with E-state index in [1.807, 2.05) is 26.0 Å². The van der Waals surface area contributed by atoms with E-state index in [0.29, 0.717) is 28.9 Å². The van der Waals surface area contributed by atoms with Crippen LogP contribution in [0.25, 0.3) is 11.0 Å². The summed E-state index contributed by atoms with van der Waals surface area (Å²) in [5.74, 6) is 0.453. The Labute approximate surface area is 158 Å². The van der Waals surface area contributed by atoms with Crippen LogP contribution in [0.15, 0.2) is 45.9 Å². The Bertz CT molecular complexity index is 1020. The molecule has 0 aliphatic heterocycles. The monoisotopic (exact) mass is 365 g/mol. The molecule has 1 aromatic carbocycles. The van der Waals surface area contributed by atoms with Crippen molar-refractivity contribution in [3.63, 3.8) is 0 Å². The fourth-order valence-corrected chi connectivity index (χ4v) is 3.33. The summed E-state index contributed by atoms with van der Waals surface area (Å²) in [6.07, 6.45) is 6.36. The predicted octanol–water partition coefficient (Wildman–Crippen LogP) is 4.41. The number of carbonyl (C=O) groups excluding carboxylic acids is 1. The van der Waals surface area contributed by atoms with E-state index in [1.54, 1.807) is 18.5 Å². The molecule has 5 heteroatoms. The SMILES string of the molecule is CC(=O)c1c(C)cc2oc(=O)cc(C)c2c1OCCCCc1ccncc1. The summed E-state index contributed by atoms with van der Waals surface area (Å²) in [6.45, 7) is 5.67. The van der Waals surface area contributed by atoms with Crippen molar-refractivity contribution in [3.05, 3.63) is 69.3 Å². The normalized spacial score (nSPS) is 10.9. The maximum Gasteiger partial charge on any atom is 0.336 e. The number of aromatic nitrogens is 1. The lowest BCUT2D eigenvalue weighted by Gasteiger charge is -2.16. The third-order valence-corrected chi connectivity index (χ3v) is 4.59. The lowest BCUT2D eigenvalue weighted by molar-refractivity contribution is 0.101. The Morgan fingerprint density at radius 2 is 1.85 bits per heavy atom. The molecule has 0 aliphatic carbocycles. The number of pyridine rings is 1. The van der Waals surface area contributed by atoms with Crippen molar-refractivity contribution in [3.8, 4) is 5.75 Å². The minimum absolute atomic E-state index is 0.0632. The van der Waals surface area contributed by atoms with E-state index < -0.39 is 5.63 Å². The van der Waals surface area contributed by atoms with Crippen LogP contribution >= 0.6 is 0 Å². The number of aryl methyl sites for hydroxylation is 3. The van der Waals surface area contributed by atoms with Crippen LogP contribution in [0.1, 0.15) is 46.8 Å². The second-order valence-corrected chi connectivity index (χ2v) is 6.74. The molecule has 0 N–H and O–H groups in total. The number of unbranched alkanes of at least 4 members (excludes halogenated alkanes) is 1. The highest BCUT2D eigenvalue weighted by atomic mass is 16.5. The molecular weight excluding hydrogens is 342 g/mol. The lowest BCUT2D eigenvalue weighted by atomic mass is 9.98. The van der Waals surface area contributed by atoms with Crippen molar-refractivity contribution in [2.75, 3.05) is 6.61 Å². The van der Waals surface area contributed by atoms with Crippen LogP contribution in [0.5, 0.6) is 5.75 Å². The van der Waals surface area contributed by atoms with Crippen molar-refractivity contribution in [2.45, 2.75) is 40.0 Å². The molecule has 0 saturated carbocycles. The van der Waals surface area contributed by atoms with Crippen LogP contribution < -0.4 is 10.4 Å². The third-order valence-electron chi connectivity index (χ3n) is 4.59. The molecule has 2 aromatic heterocycles. The molecule has 3 aromatic rings. The number of nitrogens with zero attached hydrogens (tertiary/aromatic N) is 1. The molecule has 140 valence electrons. The van der Waals surface area contributed by atoms with E-state index in [1.165, 1.54) is 18.6 Å². The molecule has 0 spiro atoms. The van der Waals surface area contributed by atoms with Crippen LogP contribution in [0.3, 0.4) is 0 Å². The maximum atomic E-state index is 12.2. The molecule has 2 heterocycles. The molecule has 0 radical (unpaired) electrons. The Balaban J connectivity index is 1.82. The Morgan fingerprint density at radius 3 is 2.56 bits per heavy atom. The molecule has 0 unspecified atom stereocenters. The van der Waals surface area contributed by atoms with Gasteiger partial charge in [-0.15, -0.1) is 0 Å². The smallest absolute Gasteiger partial charge is 0.336 e. The largest absolute Gasteiger partial charge is 0.492 e. The molecule has 0 amide bonds. The molecular formula is C22H23NO4. The minimum atomic E-state index is -0.404. The van der Waals surface area contributed by atoms with Gasteiger partial charge in [-0.2, -0.15) is 0 Å². The molecule has 5 nitrogen and oxygen atoms in total. The highest BCUT2D eigenvalue weighted by Crippen LogP contribution is 2.34. The van der Waals surface area contributed by atoms with E-state index in [2.05, 4.69) is 4.98 Å². The number of hydrogen-bond donors (Lipinski definition) is 0. The number of ether oxygens (including phenoxy) is 1. The van der Waals surface area contributed by atoms with Gasteiger partial charge in [-0.25, -0.2) is 4.79 Å². The first-order valence-electron chi connectivity index (χ1n) is 9.08. The van der Waals surface area contributed by atoms with Gasteiger partial charge >= 0.3 is 5.63 Å². The number of fused-ring (bicyclic) bond motifs is 1. The minimum Gasteiger partial charge on any atom is -0.492 e. The quantitative estimate of drug-likeness (QED) is 0.352. The topological polar surface area (TPSA) is 69.4 Å². The number of rotatable bonds is 7. The number of Topliss-reactive ketones (excluding diaryl/α,β-unsaturated/α-hetero) is 1. The summed E-state index contributed by atoms with van der Waals surface area (Å²) in [4.78, 5) is 27.9. The van der Waals surface area contributed by atoms with E-state index in [4.69, 9.17) is 9.15 Å². The Kier molecular flexibility index (Phi) is 5.69. The zero-order valence-electron chi connectivity index (χ0n) is 15.9. The maximum absolute atomic E-state index is 12.2. The van der Waals surface area contributed by atoms with Crippen molar-refractivity contribution in [2.24, 2.45) is 0 Å². The molecule has 0 bridgehead atoms. The van der Waals surface area contributed by atoms with Crippen molar-refractivity contribution < 1.29 is 13.9 Å². The zero-order valence-corrected chi connectivity index (χ0v) is 15.9. The Hall–Kier alpha value is -2.95. The molecule has 3 rings (SSSR count). The second-order valence-electron chi connectivity index (χ2n) is 6.74. The zero-order chi connectivity index (χ0) is 19.4. The van der Waals surface area contributed by atoms with Crippen molar-refractivity contribution in [1.82, 2.24) is 4.98 Å². The highest BCUT2D eigenvalue weighted by Gasteiger charge is 2.19. The summed E-state index contributed by atoms with van der Waals surface area (Å²) < 4.78 is 11.4. The third kappa shape index (κ3) is 4.25. The van der Waals surface area contributed by atoms with Crippen LogP contribution in [0.2, 0.25) is 0 Å². The first-order valence-corrected chi connectivity index (χ1v) is 9.08. The lowest BCUT2D eigenvalue weighted by Crippen LogP contribution is -2.08. The molecule has 27 heavy (non-hydrogen) atoms. The first-order chi connectivity index (χ1) is 13.0. The summed E-state index contributed by atoms with van der Waals surface area (Å²) >= 11 is 0. The van der Waals surface area contributed by atoms with Gasteiger partial charge in [0.1, 0.15) is 11.3 Å². The predicted molar refractivity (Wildman–Crippen MR) is 105 cm³/mol. The van der Waals surface area contributed by atoms with Gasteiger partial charge in [0.2, 0.25) is 0 Å². The summed E-state index contributed by atoms with van der Waals surface area (Å²) in [5.41, 5.74) is 3.33. The van der Waals surface area contributed by atoms with Crippen LogP contribution in [0.4, 0.5) is 0 Å². The fraction of sp³-hybridized carbons (Fsp3) is 0.318. The molecule has 0 fully saturated rings. The summed E-state index contributed by atoms with van der Waals surface area (Å²) in [7, 11) is 0. The van der Waals surface area contributed by atoms with Crippen molar-refractivity contribution >= 4 is 16.8 Å². The van der Waals surface area contributed by atoms with Gasteiger partial charge in [-0.1, -0.05) is 0 Å². The molecule has 0 saturated heterocycles. The van der Waals surface area contributed by atoms with Gasteiger partial charge in [-0.05, 0) is 74.9 Å². The van der Waals surface area contributed by atoms with E-state index in [0.717, 1.165) is 30.4 Å². The molecule has 0 atom stereocenters. The van der Waals surface area contributed by atoms with Gasteiger partial charge in [0.05, 0.1) is 17.6 Å². The number of benzene rings is 1. The van der Waals surface area contributed by atoms with Gasteiger partial charge in [0.25, 0.3) is 0 Å².